The summed E-state index contributed by atoms with van der Waals surface area (Å²) in [5.41, 5.74) is -0.860. The van der Waals surface area contributed by atoms with Gasteiger partial charge in [0, 0.05) is 12.2 Å². The Morgan fingerprint density at radius 3 is 2.36 bits per heavy atom. The molecule has 0 aromatic heterocycles. The molecule has 0 aliphatic carbocycles. The van der Waals surface area contributed by atoms with Gasteiger partial charge in [0.25, 0.3) is 5.91 Å². The van der Waals surface area contributed by atoms with Crippen molar-refractivity contribution in [2.75, 3.05) is 18.0 Å². The SMILES string of the molecule is CC1(c2ccc(OC(F)(F)F)cc2)NC(=O)N(CC(=O)N(CCC#N)c2ccccc2)C1=O. The van der Waals surface area contributed by atoms with Crippen LogP contribution >= 0.6 is 0 Å². The Morgan fingerprint density at radius 1 is 1.15 bits per heavy atom. The highest BCUT2D eigenvalue weighted by Crippen LogP contribution is 2.31. The van der Waals surface area contributed by atoms with Crippen LogP contribution in [0.4, 0.5) is 23.7 Å². The van der Waals surface area contributed by atoms with E-state index in [0.717, 1.165) is 17.0 Å². The molecule has 0 bridgehead atoms. The summed E-state index contributed by atoms with van der Waals surface area (Å²) < 4.78 is 40.9. The number of carbonyl (C=O) groups excluding carboxylic acids is 3. The van der Waals surface area contributed by atoms with Gasteiger partial charge < -0.3 is 15.0 Å². The highest BCUT2D eigenvalue weighted by molar-refractivity contribution is 6.10. The maximum atomic E-state index is 13.1. The number of benzene rings is 2. The van der Waals surface area contributed by atoms with Crippen molar-refractivity contribution in [1.82, 2.24) is 10.2 Å². The van der Waals surface area contributed by atoms with Gasteiger partial charge in [-0.05, 0) is 36.8 Å². The van der Waals surface area contributed by atoms with Crippen molar-refractivity contribution in [3.8, 4) is 11.8 Å². The lowest BCUT2D eigenvalue weighted by Crippen LogP contribution is -2.45. The number of urea groups is 1. The Labute approximate surface area is 187 Å². The van der Waals surface area contributed by atoms with E-state index in [2.05, 4.69) is 10.1 Å². The van der Waals surface area contributed by atoms with Crippen molar-refractivity contribution in [3.63, 3.8) is 0 Å². The summed E-state index contributed by atoms with van der Waals surface area (Å²) in [5, 5.41) is 11.4. The van der Waals surface area contributed by atoms with Gasteiger partial charge in [0.05, 0.1) is 12.5 Å². The molecule has 1 saturated heterocycles. The van der Waals surface area contributed by atoms with E-state index in [0.29, 0.717) is 5.69 Å². The molecule has 0 radical (unpaired) electrons. The van der Waals surface area contributed by atoms with Gasteiger partial charge in [-0.25, -0.2) is 4.79 Å². The van der Waals surface area contributed by atoms with E-state index in [1.54, 1.807) is 30.3 Å². The Morgan fingerprint density at radius 2 is 1.79 bits per heavy atom. The largest absolute Gasteiger partial charge is 0.573 e. The Hall–Kier alpha value is -4.07. The van der Waals surface area contributed by atoms with Crippen LogP contribution in [0.2, 0.25) is 0 Å². The number of carbonyl (C=O) groups is 3. The topological polar surface area (TPSA) is 103 Å². The lowest BCUT2D eigenvalue weighted by Gasteiger charge is -2.25. The minimum absolute atomic E-state index is 0.0465. The van der Waals surface area contributed by atoms with Crippen molar-refractivity contribution in [2.45, 2.75) is 25.2 Å². The molecule has 172 valence electrons. The number of rotatable bonds is 7. The van der Waals surface area contributed by atoms with Crippen LogP contribution in [0.1, 0.15) is 18.9 Å². The van der Waals surface area contributed by atoms with Crippen molar-refractivity contribution >= 4 is 23.5 Å². The number of hydrogen-bond donors (Lipinski definition) is 1. The first-order valence-electron chi connectivity index (χ1n) is 9.78. The van der Waals surface area contributed by atoms with Crippen molar-refractivity contribution in [3.05, 3.63) is 60.2 Å². The average molecular weight is 460 g/mol. The number of amides is 4. The Balaban J connectivity index is 1.79. The lowest BCUT2D eigenvalue weighted by molar-refractivity contribution is -0.274. The summed E-state index contributed by atoms with van der Waals surface area (Å²) >= 11 is 0. The van der Waals surface area contributed by atoms with Crippen LogP contribution in [-0.4, -0.2) is 42.2 Å². The average Bonchev–Trinajstić information content (AvgIpc) is 2.98. The summed E-state index contributed by atoms with van der Waals surface area (Å²) in [7, 11) is 0. The quantitative estimate of drug-likeness (QED) is 0.639. The van der Waals surface area contributed by atoms with Gasteiger partial charge in [0.15, 0.2) is 0 Å². The second kappa shape index (κ2) is 9.20. The second-order valence-corrected chi connectivity index (χ2v) is 7.31. The molecule has 1 N–H and O–H groups in total. The molecule has 1 aliphatic heterocycles. The first-order chi connectivity index (χ1) is 15.5. The van der Waals surface area contributed by atoms with Gasteiger partial charge in [0.1, 0.15) is 17.8 Å². The van der Waals surface area contributed by atoms with Crippen LogP contribution in [0.25, 0.3) is 0 Å². The second-order valence-electron chi connectivity index (χ2n) is 7.31. The number of imide groups is 1. The van der Waals surface area contributed by atoms with Gasteiger partial charge in [-0.1, -0.05) is 30.3 Å². The smallest absolute Gasteiger partial charge is 0.406 e. The first kappa shape index (κ1) is 23.6. The van der Waals surface area contributed by atoms with E-state index in [1.165, 1.54) is 24.0 Å². The van der Waals surface area contributed by atoms with Gasteiger partial charge in [0.2, 0.25) is 5.91 Å². The number of halogens is 3. The Bertz CT molecular complexity index is 1080. The monoisotopic (exact) mass is 460 g/mol. The van der Waals surface area contributed by atoms with Crippen LogP contribution < -0.4 is 15.0 Å². The third-order valence-corrected chi connectivity index (χ3v) is 5.05. The van der Waals surface area contributed by atoms with Crippen LogP contribution in [0.5, 0.6) is 5.75 Å². The molecule has 2 aromatic rings. The fourth-order valence-electron chi connectivity index (χ4n) is 3.41. The highest BCUT2D eigenvalue weighted by atomic mass is 19.4. The molecule has 4 amide bonds. The molecular formula is C22H19F3N4O4. The van der Waals surface area contributed by atoms with Gasteiger partial charge in [-0.2, -0.15) is 5.26 Å². The molecule has 11 heteroatoms. The summed E-state index contributed by atoms with van der Waals surface area (Å²) in [6.07, 6.45) is -4.82. The predicted octanol–water partition coefficient (Wildman–Crippen LogP) is 3.30. The zero-order valence-electron chi connectivity index (χ0n) is 17.4. The van der Waals surface area contributed by atoms with Crippen LogP contribution in [0.15, 0.2) is 54.6 Å². The Kier molecular flexibility index (Phi) is 6.57. The molecule has 2 aromatic carbocycles. The molecule has 1 unspecified atom stereocenters. The number of ether oxygens (including phenoxy) is 1. The fourth-order valence-corrected chi connectivity index (χ4v) is 3.41. The highest BCUT2D eigenvalue weighted by Gasteiger charge is 2.49. The third-order valence-electron chi connectivity index (χ3n) is 5.05. The summed E-state index contributed by atoms with van der Waals surface area (Å²) in [6.45, 7) is 0.888. The minimum atomic E-state index is -4.86. The first-order valence-corrected chi connectivity index (χ1v) is 9.78. The zero-order chi connectivity index (χ0) is 24.2. The third kappa shape index (κ3) is 5.23. The standard InChI is InChI=1S/C22H19F3N4O4/c1-21(15-8-10-17(11-9-15)33-22(23,24)25)19(31)29(20(32)27-21)14-18(30)28(13-5-12-26)16-6-3-2-4-7-16/h2-4,6-11H,5,13-14H2,1H3,(H,27,32). The fraction of sp³-hybridized carbons (Fsp3) is 0.273. The summed E-state index contributed by atoms with van der Waals surface area (Å²) in [4.78, 5) is 40.6. The molecule has 1 heterocycles. The molecule has 3 rings (SSSR count). The van der Waals surface area contributed by atoms with Crippen LogP contribution in [0.3, 0.4) is 0 Å². The number of nitriles is 1. The number of anilines is 1. The number of alkyl halides is 3. The van der Waals surface area contributed by atoms with E-state index < -0.39 is 42.0 Å². The lowest BCUT2D eigenvalue weighted by atomic mass is 9.92. The molecule has 0 spiro atoms. The van der Waals surface area contributed by atoms with Crippen LogP contribution in [0, 0.1) is 11.3 Å². The van der Waals surface area contributed by atoms with Crippen molar-refractivity contribution < 1.29 is 32.3 Å². The normalized spacial score (nSPS) is 18.0. The maximum absolute atomic E-state index is 13.1. The molecular weight excluding hydrogens is 441 g/mol. The van der Waals surface area contributed by atoms with Crippen LogP contribution in [-0.2, 0) is 15.1 Å². The molecule has 1 fully saturated rings. The number of hydrogen-bond acceptors (Lipinski definition) is 5. The molecule has 33 heavy (non-hydrogen) atoms. The molecule has 1 atom stereocenters. The number of nitrogens with zero attached hydrogens (tertiary/aromatic N) is 3. The number of nitrogens with one attached hydrogen (secondary N) is 1. The van der Waals surface area contributed by atoms with E-state index in [4.69, 9.17) is 5.26 Å². The molecule has 8 nitrogen and oxygen atoms in total. The number of para-hydroxylation sites is 1. The van der Waals surface area contributed by atoms with Crippen molar-refractivity contribution in [1.29, 1.82) is 5.26 Å². The van der Waals surface area contributed by atoms with E-state index in [1.807, 2.05) is 6.07 Å². The maximum Gasteiger partial charge on any atom is 0.573 e. The van der Waals surface area contributed by atoms with Gasteiger partial charge >= 0.3 is 12.4 Å². The van der Waals surface area contributed by atoms with E-state index in [-0.39, 0.29) is 18.5 Å². The summed E-state index contributed by atoms with van der Waals surface area (Å²) in [6, 6.07) is 14.1. The molecule has 0 saturated carbocycles. The zero-order valence-corrected chi connectivity index (χ0v) is 17.4. The van der Waals surface area contributed by atoms with Gasteiger partial charge in [-0.15, -0.1) is 13.2 Å². The minimum Gasteiger partial charge on any atom is -0.406 e. The summed E-state index contributed by atoms with van der Waals surface area (Å²) in [5.74, 6) is -1.79. The van der Waals surface area contributed by atoms with E-state index >= 15 is 0 Å². The van der Waals surface area contributed by atoms with Gasteiger partial charge in [-0.3, -0.25) is 14.5 Å². The molecule has 1 aliphatic rings. The predicted molar refractivity (Wildman–Crippen MR) is 110 cm³/mol. The van der Waals surface area contributed by atoms with E-state index in [9.17, 15) is 27.6 Å². The van der Waals surface area contributed by atoms with Crippen molar-refractivity contribution in [2.24, 2.45) is 0 Å².